The Kier molecular flexibility index (Phi) is 4.76. The predicted molar refractivity (Wildman–Crippen MR) is 96.7 cm³/mol. The van der Waals surface area contributed by atoms with Crippen molar-refractivity contribution in [3.63, 3.8) is 0 Å². The van der Waals surface area contributed by atoms with Crippen molar-refractivity contribution >= 4 is 22.4 Å². The van der Waals surface area contributed by atoms with E-state index in [9.17, 15) is 14.4 Å². The number of nitriles is 1. The number of anilines is 1. The van der Waals surface area contributed by atoms with Gasteiger partial charge >= 0.3 is 0 Å². The number of benzene rings is 1. The molecule has 1 aromatic carbocycles. The van der Waals surface area contributed by atoms with Crippen LogP contribution >= 0.6 is 0 Å². The van der Waals surface area contributed by atoms with Crippen LogP contribution in [-0.4, -0.2) is 22.4 Å². The zero-order chi connectivity index (χ0) is 18.7. The fourth-order valence-corrected chi connectivity index (χ4v) is 2.73. The van der Waals surface area contributed by atoms with E-state index in [-0.39, 0.29) is 34.1 Å². The van der Waals surface area contributed by atoms with E-state index in [1.54, 1.807) is 12.1 Å². The molecule has 3 aromatic rings. The second-order valence-corrected chi connectivity index (χ2v) is 5.67. The number of pyridine rings is 2. The molecule has 7 heteroatoms. The molecule has 130 valence electrons. The largest absolute Gasteiger partial charge is 0.396 e. The molecule has 3 rings (SSSR count). The van der Waals surface area contributed by atoms with Gasteiger partial charge < -0.3 is 11.1 Å². The lowest BCUT2D eigenvalue weighted by atomic mass is 9.98. The molecule has 0 radical (unpaired) electrons. The van der Waals surface area contributed by atoms with Gasteiger partial charge in [0.15, 0.2) is 5.69 Å². The van der Waals surface area contributed by atoms with Crippen molar-refractivity contribution in [1.29, 1.82) is 5.26 Å². The number of halogens is 1. The number of nitrogens with two attached hydrogens (primary N) is 1. The summed E-state index contributed by atoms with van der Waals surface area (Å²) >= 11 is 0. The maximum absolute atomic E-state index is 14.6. The van der Waals surface area contributed by atoms with E-state index >= 15 is 0 Å². The first-order valence-corrected chi connectivity index (χ1v) is 8.08. The lowest BCUT2D eigenvalue weighted by Gasteiger charge is -2.12. The highest BCUT2D eigenvalue weighted by molar-refractivity contribution is 6.09. The summed E-state index contributed by atoms with van der Waals surface area (Å²) in [7, 11) is 0. The molecule has 0 aliphatic carbocycles. The van der Waals surface area contributed by atoms with Gasteiger partial charge in [-0.1, -0.05) is 6.92 Å². The van der Waals surface area contributed by atoms with E-state index in [0.29, 0.717) is 17.3 Å². The minimum Gasteiger partial charge on any atom is -0.396 e. The highest BCUT2D eigenvalue weighted by Gasteiger charge is 2.20. The van der Waals surface area contributed by atoms with Crippen molar-refractivity contribution in [2.45, 2.75) is 13.3 Å². The molecule has 0 spiro atoms. The van der Waals surface area contributed by atoms with Crippen LogP contribution in [0.2, 0.25) is 0 Å². The number of amides is 1. The average Bonchev–Trinajstić information content (AvgIpc) is 2.66. The highest BCUT2D eigenvalue weighted by Crippen LogP contribution is 2.34. The Bertz CT molecular complexity index is 1040. The van der Waals surface area contributed by atoms with Crippen LogP contribution in [0.3, 0.4) is 0 Å². The van der Waals surface area contributed by atoms with E-state index in [4.69, 9.17) is 5.73 Å². The summed E-state index contributed by atoms with van der Waals surface area (Å²) in [5, 5.41) is 12.9. The molecular weight excluding hydrogens is 333 g/mol. The molecule has 6 nitrogen and oxygen atoms in total. The maximum Gasteiger partial charge on any atom is 0.272 e. The number of carbonyl (C=O) groups is 1. The first-order chi connectivity index (χ1) is 12.6. The third kappa shape index (κ3) is 2.93. The second-order valence-electron chi connectivity index (χ2n) is 5.67. The van der Waals surface area contributed by atoms with Gasteiger partial charge in [-0.05, 0) is 30.7 Å². The number of hydrogen-bond acceptors (Lipinski definition) is 5. The number of nitrogens with one attached hydrogen (secondary N) is 1. The Morgan fingerprint density at radius 3 is 2.85 bits per heavy atom. The van der Waals surface area contributed by atoms with Crippen molar-refractivity contribution in [1.82, 2.24) is 15.3 Å². The van der Waals surface area contributed by atoms with E-state index < -0.39 is 5.82 Å². The van der Waals surface area contributed by atoms with Crippen LogP contribution in [-0.2, 0) is 0 Å². The standard InChI is InChI=1S/C19H16FN5O/c1-2-7-24-19(26)18-16(22)12-5-6-14(20)15(13(12)10-25-18)17-11(9-21)4-3-8-23-17/h3-6,8,10H,2,7,22H2,1H3,(H,24,26). The molecule has 2 heterocycles. The number of nitrogen functional groups attached to an aromatic ring is 1. The summed E-state index contributed by atoms with van der Waals surface area (Å²) in [5.74, 6) is -0.926. The number of hydrogen-bond donors (Lipinski definition) is 2. The molecule has 3 N–H and O–H groups in total. The predicted octanol–water partition coefficient (Wildman–Crippen LogP) is 3.03. The fourth-order valence-electron chi connectivity index (χ4n) is 2.73. The van der Waals surface area contributed by atoms with Gasteiger partial charge in [-0.2, -0.15) is 5.26 Å². The van der Waals surface area contributed by atoms with Crippen LogP contribution in [0.25, 0.3) is 22.0 Å². The Morgan fingerprint density at radius 2 is 2.12 bits per heavy atom. The SMILES string of the molecule is CCCNC(=O)c1ncc2c(-c3ncccc3C#N)c(F)ccc2c1N. The van der Waals surface area contributed by atoms with Crippen LogP contribution < -0.4 is 11.1 Å². The summed E-state index contributed by atoms with van der Waals surface area (Å²) in [5.41, 5.74) is 6.96. The Morgan fingerprint density at radius 1 is 1.31 bits per heavy atom. The summed E-state index contributed by atoms with van der Waals surface area (Å²) in [4.78, 5) is 20.5. The van der Waals surface area contributed by atoms with Gasteiger partial charge in [-0.15, -0.1) is 0 Å². The normalized spacial score (nSPS) is 10.5. The molecular formula is C19H16FN5O. The second kappa shape index (κ2) is 7.15. The van der Waals surface area contributed by atoms with Gasteiger partial charge in [0.1, 0.15) is 11.9 Å². The molecule has 0 aliphatic rings. The Hall–Kier alpha value is -3.53. The fraction of sp³-hybridized carbons (Fsp3) is 0.158. The van der Waals surface area contributed by atoms with E-state index in [1.807, 2.05) is 13.0 Å². The first kappa shape index (κ1) is 17.3. The van der Waals surface area contributed by atoms with Crippen molar-refractivity contribution < 1.29 is 9.18 Å². The van der Waals surface area contributed by atoms with Crippen LogP contribution in [0.5, 0.6) is 0 Å². The highest BCUT2D eigenvalue weighted by atomic mass is 19.1. The first-order valence-electron chi connectivity index (χ1n) is 8.08. The smallest absolute Gasteiger partial charge is 0.272 e. The van der Waals surface area contributed by atoms with Crippen molar-refractivity contribution in [2.24, 2.45) is 0 Å². The zero-order valence-corrected chi connectivity index (χ0v) is 14.1. The molecule has 0 saturated heterocycles. The number of aromatic nitrogens is 2. The summed E-state index contributed by atoms with van der Waals surface area (Å²) in [6, 6.07) is 7.92. The van der Waals surface area contributed by atoms with E-state index in [1.165, 1.54) is 24.5 Å². The topological polar surface area (TPSA) is 105 Å². The van der Waals surface area contributed by atoms with Crippen molar-refractivity contribution in [2.75, 3.05) is 12.3 Å². The molecule has 1 amide bonds. The van der Waals surface area contributed by atoms with Crippen LogP contribution in [0.1, 0.15) is 29.4 Å². The number of nitrogens with zero attached hydrogens (tertiary/aromatic N) is 3. The van der Waals surface area contributed by atoms with Crippen LogP contribution in [0, 0.1) is 17.1 Å². The molecule has 0 fully saturated rings. The van der Waals surface area contributed by atoms with Gasteiger partial charge in [0.05, 0.1) is 16.9 Å². The third-order valence-electron chi connectivity index (χ3n) is 3.98. The van der Waals surface area contributed by atoms with Crippen LogP contribution in [0.15, 0.2) is 36.7 Å². The molecule has 0 atom stereocenters. The van der Waals surface area contributed by atoms with Crippen molar-refractivity contribution in [3.8, 4) is 17.3 Å². The Balaban J connectivity index is 2.24. The molecule has 0 saturated carbocycles. The summed E-state index contributed by atoms with van der Waals surface area (Å²) in [6.07, 6.45) is 3.66. The molecule has 0 bridgehead atoms. The molecule has 26 heavy (non-hydrogen) atoms. The summed E-state index contributed by atoms with van der Waals surface area (Å²) < 4.78 is 14.6. The van der Waals surface area contributed by atoms with Crippen molar-refractivity contribution in [3.05, 3.63) is 53.7 Å². The number of rotatable bonds is 4. The van der Waals surface area contributed by atoms with Gasteiger partial charge in [0, 0.05) is 35.3 Å². The molecule has 0 unspecified atom stereocenters. The third-order valence-corrected chi connectivity index (χ3v) is 3.98. The lowest BCUT2D eigenvalue weighted by molar-refractivity contribution is 0.0950. The van der Waals surface area contributed by atoms with Gasteiger partial charge in [0.25, 0.3) is 5.91 Å². The number of carbonyl (C=O) groups excluding carboxylic acids is 1. The van der Waals surface area contributed by atoms with Crippen LogP contribution in [0.4, 0.5) is 10.1 Å². The molecule has 0 aliphatic heterocycles. The minimum absolute atomic E-state index is 0.0880. The minimum atomic E-state index is -0.544. The van der Waals surface area contributed by atoms with Gasteiger partial charge in [0.2, 0.25) is 0 Å². The zero-order valence-electron chi connectivity index (χ0n) is 14.1. The average molecular weight is 349 g/mol. The quantitative estimate of drug-likeness (QED) is 0.753. The number of fused-ring (bicyclic) bond motifs is 1. The monoisotopic (exact) mass is 349 g/mol. The van der Waals surface area contributed by atoms with E-state index in [0.717, 1.165) is 6.42 Å². The van der Waals surface area contributed by atoms with Gasteiger partial charge in [-0.25, -0.2) is 9.37 Å². The van der Waals surface area contributed by atoms with Gasteiger partial charge in [-0.3, -0.25) is 9.78 Å². The lowest BCUT2D eigenvalue weighted by Crippen LogP contribution is -2.26. The summed E-state index contributed by atoms with van der Waals surface area (Å²) in [6.45, 7) is 2.44. The maximum atomic E-state index is 14.6. The Labute approximate surface area is 149 Å². The molecule has 2 aromatic heterocycles. The van der Waals surface area contributed by atoms with E-state index in [2.05, 4.69) is 15.3 Å².